The normalized spacial score (nSPS) is 11.3. The summed E-state index contributed by atoms with van der Waals surface area (Å²) in [5.74, 6) is 0.421. The Morgan fingerprint density at radius 2 is 1.73 bits per heavy atom. The molecule has 0 fully saturated rings. The molecular formula is C26H18FN5O. The molecule has 160 valence electrons. The lowest BCUT2D eigenvalue weighted by molar-refractivity contribution is 0.413. The van der Waals surface area contributed by atoms with Gasteiger partial charge in [-0.1, -0.05) is 24.3 Å². The van der Waals surface area contributed by atoms with Crippen LogP contribution in [0.2, 0.25) is 0 Å². The quantitative estimate of drug-likeness (QED) is 0.357. The van der Waals surface area contributed by atoms with Crippen molar-refractivity contribution >= 4 is 21.9 Å². The van der Waals surface area contributed by atoms with Crippen molar-refractivity contribution in [1.29, 1.82) is 0 Å². The van der Waals surface area contributed by atoms with E-state index in [0.717, 1.165) is 49.9 Å². The number of methoxy groups -OCH3 is 1. The second-order valence-electron chi connectivity index (χ2n) is 7.77. The lowest BCUT2D eigenvalue weighted by Gasteiger charge is -2.04. The number of hydrogen-bond donors (Lipinski definition) is 2. The first kappa shape index (κ1) is 19.2. The number of hydrogen-bond acceptors (Lipinski definition) is 4. The second kappa shape index (κ2) is 7.56. The molecule has 0 unspecified atom stereocenters. The number of halogens is 1. The maximum atomic E-state index is 13.8. The molecule has 7 heteroatoms. The number of H-pyrrole nitrogens is 2. The van der Waals surface area contributed by atoms with Gasteiger partial charge in [0.05, 0.1) is 19.0 Å². The van der Waals surface area contributed by atoms with Crippen molar-refractivity contribution in [2.45, 2.75) is 0 Å². The molecule has 6 aromatic rings. The van der Waals surface area contributed by atoms with Gasteiger partial charge in [-0.15, -0.1) is 0 Å². The summed E-state index contributed by atoms with van der Waals surface area (Å²) in [6, 6.07) is 18.6. The van der Waals surface area contributed by atoms with E-state index in [-0.39, 0.29) is 5.82 Å². The van der Waals surface area contributed by atoms with E-state index in [1.165, 1.54) is 6.07 Å². The standard InChI is InChI=1S/C26H18FN5O/c1-33-19-9-16(12-28-14-19)17-10-22-25(31-32-26(22)29-13-17)24-11-21-20(6-3-7-23(21)30-24)15-4-2-5-18(27)8-15/h2-14,30H,1H3,(H,29,31,32). The molecule has 0 aliphatic rings. The number of aromatic amines is 2. The van der Waals surface area contributed by atoms with Crippen LogP contribution in [-0.2, 0) is 0 Å². The van der Waals surface area contributed by atoms with Gasteiger partial charge in [0.2, 0.25) is 0 Å². The first-order chi connectivity index (χ1) is 16.2. The second-order valence-corrected chi connectivity index (χ2v) is 7.77. The molecule has 33 heavy (non-hydrogen) atoms. The van der Waals surface area contributed by atoms with Gasteiger partial charge in [0, 0.05) is 39.8 Å². The summed E-state index contributed by atoms with van der Waals surface area (Å²) in [7, 11) is 1.62. The lowest BCUT2D eigenvalue weighted by Crippen LogP contribution is -1.87. The molecule has 2 N–H and O–H groups in total. The SMILES string of the molecule is COc1cncc(-c2cnc3[nH]nc(-c4cc5c(-c6cccc(F)c6)cccc5[nH]4)c3c2)c1. The van der Waals surface area contributed by atoms with E-state index in [4.69, 9.17) is 4.74 Å². The Bertz CT molecular complexity index is 1640. The Morgan fingerprint density at radius 3 is 2.61 bits per heavy atom. The summed E-state index contributed by atoms with van der Waals surface area (Å²) in [4.78, 5) is 12.2. The molecular weight excluding hydrogens is 417 g/mol. The fourth-order valence-corrected chi connectivity index (χ4v) is 4.15. The van der Waals surface area contributed by atoms with Crippen molar-refractivity contribution in [1.82, 2.24) is 25.1 Å². The van der Waals surface area contributed by atoms with Crippen LogP contribution in [-0.4, -0.2) is 32.3 Å². The molecule has 6 rings (SSSR count). The highest BCUT2D eigenvalue weighted by Gasteiger charge is 2.15. The number of ether oxygens (including phenoxy) is 1. The van der Waals surface area contributed by atoms with Gasteiger partial charge >= 0.3 is 0 Å². The molecule has 0 saturated heterocycles. The summed E-state index contributed by atoms with van der Waals surface area (Å²) in [5, 5.41) is 9.42. The van der Waals surface area contributed by atoms with Crippen molar-refractivity contribution < 1.29 is 9.13 Å². The number of rotatable bonds is 4. The van der Waals surface area contributed by atoms with Gasteiger partial charge in [0.25, 0.3) is 0 Å². The molecule has 0 aliphatic heterocycles. The zero-order chi connectivity index (χ0) is 22.4. The summed E-state index contributed by atoms with van der Waals surface area (Å²) >= 11 is 0. The van der Waals surface area contributed by atoms with E-state index in [1.54, 1.807) is 37.8 Å². The Morgan fingerprint density at radius 1 is 0.848 bits per heavy atom. The fourth-order valence-electron chi connectivity index (χ4n) is 4.15. The monoisotopic (exact) mass is 435 g/mol. The van der Waals surface area contributed by atoms with Crippen LogP contribution >= 0.6 is 0 Å². The van der Waals surface area contributed by atoms with Gasteiger partial charge in [0.1, 0.15) is 17.3 Å². The maximum absolute atomic E-state index is 13.8. The number of fused-ring (bicyclic) bond motifs is 2. The highest BCUT2D eigenvalue weighted by Crippen LogP contribution is 2.35. The molecule has 0 aliphatic carbocycles. The first-order valence-electron chi connectivity index (χ1n) is 10.4. The molecule has 0 bridgehead atoms. The maximum Gasteiger partial charge on any atom is 0.155 e. The van der Waals surface area contributed by atoms with Crippen LogP contribution in [0.5, 0.6) is 5.75 Å². The number of nitrogens with one attached hydrogen (secondary N) is 2. The van der Waals surface area contributed by atoms with E-state index in [2.05, 4.69) is 25.1 Å². The Hall–Kier alpha value is -4.52. The highest BCUT2D eigenvalue weighted by atomic mass is 19.1. The minimum Gasteiger partial charge on any atom is -0.495 e. The van der Waals surface area contributed by atoms with Gasteiger partial charge in [-0.05, 0) is 47.5 Å². The number of nitrogens with zero attached hydrogens (tertiary/aromatic N) is 3. The predicted molar refractivity (Wildman–Crippen MR) is 126 cm³/mol. The van der Waals surface area contributed by atoms with Crippen molar-refractivity contribution in [2.75, 3.05) is 7.11 Å². The predicted octanol–water partition coefficient (Wildman–Crippen LogP) is 5.98. The van der Waals surface area contributed by atoms with Crippen LogP contribution in [0.15, 0.2) is 79.3 Å². The Balaban J connectivity index is 1.49. The van der Waals surface area contributed by atoms with Crippen molar-refractivity contribution in [3.8, 4) is 39.4 Å². The molecule has 4 heterocycles. The first-order valence-corrected chi connectivity index (χ1v) is 10.4. The van der Waals surface area contributed by atoms with Gasteiger partial charge in [-0.3, -0.25) is 10.1 Å². The zero-order valence-electron chi connectivity index (χ0n) is 17.6. The van der Waals surface area contributed by atoms with Crippen LogP contribution in [0.1, 0.15) is 0 Å². The van der Waals surface area contributed by atoms with Crippen LogP contribution in [0.4, 0.5) is 4.39 Å². The van der Waals surface area contributed by atoms with Crippen molar-refractivity contribution in [2.24, 2.45) is 0 Å². The molecule has 0 saturated carbocycles. The molecule has 4 aromatic heterocycles. The molecule has 0 amide bonds. The van der Waals surface area contributed by atoms with Gasteiger partial charge < -0.3 is 9.72 Å². The number of benzene rings is 2. The topological polar surface area (TPSA) is 79.5 Å². The Labute approximate surface area is 188 Å². The summed E-state index contributed by atoms with van der Waals surface area (Å²) < 4.78 is 19.1. The van der Waals surface area contributed by atoms with Crippen LogP contribution < -0.4 is 4.74 Å². The van der Waals surface area contributed by atoms with Crippen molar-refractivity contribution in [3.05, 3.63) is 85.1 Å². The Kier molecular flexibility index (Phi) is 4.40. The fraction of sp³-hybridized carbons (Fsp3) is 0.0385. The molecule has 2 aromatic carbocycles. The minimum absolute atomic E-state index is 0.260. The highest BCUT2D eigenvalue weighted by molar-refractivity contribution is 6.01. The van der Waals surface area contributed by atoms with Crippen molar-refractivity contribution in [3.63, 3.8) is 0 Å². The summed E-state index contributed by atoms with van der Waals surface area (Å²) in [6.45, 7) is 0. The van der Waals surface area contributed by atoms with Gasteiger partial charge in [-0.2, -0.15) is 5.10 Å². The van der Waals surface area contributed by atoms with E-state index in [1.807, 2.05) is 42.5 Å². The summed E-state index contributed by atoms with van der Waals surface area (Å²) in [5.41, 5.74) is 6.84. The van der Waals surface area contributed by atoms with E-state index >= 15 is 0 Å². The average Bonchev–Trinajstić information content (AvgIpc) is 3.47. The molecule has 0 atom stereocenters. The van der Waals surface area contributed by atoms with E-state index in [9.17, 15) is 4.39 Å². The summed E-state index contributed by atoms with van der Waals surface area (Å²) in [6.07, 6.45) is 5.23. The third kappa shape index (κ3) is 3.30. The van der Waals surface area contributed by atoms with Crippen LogP contribution in [0.3, 0.4) is 0 Å². The molecule has 6 nitrogen and oxygen atoms in total. The smallest absolute Gasteiger partial charge is 0.155 e. The largest absolute Gasteiger partial charge is 0.495 e. The van der Waals surface area contributed by atoms with Gasteiger partial charge in [-0.25, -0.2) is 9.37 Å². The number of aromatic nitrogens is 5. The number of pyridine rings is 2. The third-order valence-electron chi connectivity index (χ3n) is 5.75. The van der Waals surface area contributed by atoms with E-state index in [0.29, 0.717) is 11.4 Å². The van der Waals surface area contributed by atoms with Crippen LogP contribution in [0.25, 0.3) is 55.6 Å². The minimum atomic E-state index is -0.260. The van der Waals surface area contributed by atoms with Gasteiger partial charge in [0.15, 0.2) is 5.65 Å². The van der Waals surface area contributed by atoms with E-state index < -0.39 is 0 Å². The lowest BCUT2D eigenvalue weighted by atomic mass is 10.0. The third-order valence-corrected chi connectivity index (χ3v) is 5.75. The molecule has 0 spiro atoms. The zero-order valence-corrected chi connectivity index (χ0v) is 17.6. The molecule has 0 radical (unpaired) electrons. The van der Waals surface area contributed by atoms with Crippen LogP contribution in [0, 0.1) is 5.82 Å². The average molecular weight is 435 g/mol.